The Hall–Kier alpha value is -3.51. The molecule has 2 saturated carbocycles. The molecule has 5 rings (SSSR count). The second kappa shape index (κ2) is 10.9. The molecule has 2 aliphatic carbocycles. The summed E-state index contributed by atoms with van der Waals surface area (Å²) >= 11 is 0. The number of amides is 2. The zero-order valence-electron chi connectivity index (χ0n) is 24.6. The molecule has 0 spiro atoms. The third-order valence-electron chi connectivity index (χ3n) is 8.61. The van der Waals surface area contributed by atoms with Crippen molar-refractivity contribution in [3.05, 3.63) is 47.0 Å². The highest BCUT2D eigenvalue weighted by Gasteiger charge is 2.49. The van der Waals surface area contributed by atoms with Crippen LogP contribution in [0.15, 0.2) is 24.3 Å². The number of imidazole rings is 1. The number of carbonyl (C=O) groups is 2. The fraction of sp³-hybridized carbons (Fsp3) is 0.600. The maximum atomic E-state index is 14.0. The van der Waals surface area contributed by atoms with Crippen LogP contribution in [0.25, 0.3) is 11.0 Å². The van der Waals surface area contributed by atoms with Crippen molar-refractivity contribution in [3.63, 3.8) is 0 Å². The number of hydrogen-bond donors (Lipinski definition) is 3. The van der Waals surface area contributed by atoms with Gasteiger partial charge in [0, 0.05) is 25.3 Å². The number of aromatic nitrogens is 4. The summed E-state index contributed by atoms with van der Waals surface area (Å²) in [5.41, 5.74) is 5.66. The Bertz CT molecular complexity index is 1510. The fourth-order valence-electron chi connectivity index (χ4n) is 5.86. The second-order valence-electron chi connectivity index (χ2n) is 13.1. The fourth-order valence-corrected chi connectivity index (χ4v) is 5.86. The lowest BCUT2D eigenvalue weighted by molar-refractivity contribution is -0.214. The third-order valence-corrected chi connectivity index (χ3v) is 8.61. The summed E-state index contributed by atoms with van der Waals surface area (Å²) in [5, 5.41) is 7.51. The minimum absolute atomic E-state index is 0.0439. The monoisotopic (exact) mass is 608 g/mol. The van der Waals surface area contributed by atoms with Gasteiger partial charge in [0.05, 0.1) is 34.1 Å². The van der Waals surface area contributed by atoms with E-state index in [1.165, 1.54) is 10.7 Å². The van der Waals surface area contributed by atoms with Crippen LogP contribution in [0, 0.1) is 17.3 Å². The molecule has 8 nitrogen and oxygen atoms in total. The maximum absolute atomic E-state index is 14.0. The number of nitrogens with two attached hydrogens (primary N) is 1. The van der Waals surface area contributed by atoms with E-state index < -0.39 is 35.8 Å². The average molecular weight is 609 g/mol. The van der Waals surface area contributed by atoms with Crippen LogP contribution in [0.1, 0.15) is 112 Å². The summed E-state index contributed by atoms with van der Waals surface area (Å²) in [4.78, 5) is 32.7. The van der Waals surface area contributed by atoms with E-state index in [4.69, 9.17) is 5.73 Å². The van der Waals surface area contributed by atoms with Crippen LogP contribution in [-0.4, -0.2) is 43.7 Å². The highest BCUT2D eigenvalue weighted by atomic mass is 19.4. The first-order valence-electron chi connectivity index (χ1n) is 14.6. The topological polar surface area (TPSA) is 119 Å². The zero-order chi connectivity index (χ0) is 31.5. The van der Waals surface area contributed by atoms with Crippen molar-refractivity contribution >= 4 is 22.8 Å². The van der Waals surface area contributed by atoms with Gasteiger partial charge in [-0.25, -0.2) is 13.8 Å². The summed E-state index contributed by atoms with van der Waals surface area (Å²) in [6.45, 7) is 5.81. The standard InChI is InChI=1S/C30H37F5N6O2/c1-15(2)41-23(26(36)43)11-21(40-41)19(14-28(3,4)30(33,34)35)27-37-20-8-7-18(10-22(20)38-27)25(17-5-6-17)39-24(42)9-16-12-29(31,32)13-16/h7-8,10-11,15-17,19,25H,5-6,9,12-14H2,1-4H3,(H2,36,43)(H,37,38)(H,39,42)/t19-,25+/m0/s1. The SMILES string of the molecule is CC(C)n1nc([C@H](CC(C)(C)C(F)(F)F)c2nc3ccc([C@H](NC(=O)CC4CC(F)(F)C4)C4CC4)cc3[nH]2)cc1C(N)=O. The summed E-state index contributed by atoms with van der Waals surface area (Å²) in [5.74, 6) is -4.51. The predicted octanol–water partition coefficient (Wildman–Crippen LogP) is 6.55. The molecule has 2 heterocycles. The Morgan fingerprint density at radius 2 is 1.84 bits per heavy atom. The third kappa shape index (κ3) is 6.54. The van der Waals surface area contributed by atoms with Gasteiger partial charge < -0.3 is 16.0 Å². The van der Waals surface area contributed by atoms with Crippen molar-refractivity contribution < 1.29 is 31.5 Å². The van der Waals surface area contributed by atoms with E-state index in [2.05, 4.69) is 20.4 Å². The number of alkyl halides is 5. The summed E-state index contributed by atoms with van der Waals surface area (Å²) in [7, 11) is 0. The van der Waals surface area contributed by atoms with Gasteiger partial charge in [-0.1, -0.05) is 19.9 Å². The zero-order valence-corrected chi connectivity index (χ0v) is 24.6. The largest absolute Gasteiger partial charge is 0.394 e. The quantitative estimate of drug-likeness (QED) is 0.214. The molecule has 2 fully saturated rings. The van der Waals surface area contributed by atoms with E-state index in [0.717, 1.165) is 32.3 Å². The van der Waals surface area contributed by atoms with Gasteiger partial charge in [0.1, 0.15) is 11.5 Å². The van der Waals surface area contributed by atoms with E-state index in [9.17, 15) is 31.5 Å². The first-order valence-corrected chi connectivity index (χ1v) is 14.6. The maximum Gasteiger partial charge on any atom is 0.394 e. The number of aromatic amines is 1. The van der Waals surface area contributed by atoms with Gasteiger partial charge in [0.15, 0.2) is 0 Å². The lowest BCUT2D eigenvalue weighted by atomic mass is 9.79. The smallest absolute Gasteiger partial charge is 0.364 e. The van der Waals surface area contributed by atoms with Crippen molar-refractivity contribution in [1.29, 1.82) is 0 Å². The predicted molar refractivity (Wildman–Crippen MR) is 149 cm³/mol. The number of carbonyl (C=O) groups excluding carboxylic acids is 2. The first kappa shape index (κ1) is 30.9. The van der Waals surface area contributed by atoms with E-state index in [-0.39, 0.29) is 66.3 Å². The van der Waals surface area contributed by atoms with Crippen LogP contribution >= 0.6 is 0 Å². The van der Waals surface area contributed by atoms with Crippen LogP contribution in [0.4, 0.5) is 22.0 Å². The summed E-state index contributed by atoms with van der Waals surface area (Å²) in [6, 6.07) is 6.23. The van der Waals surface area contributed by atoms with Crippen molar-refractivity contribution in [2.75, 3.05) is 0 Å². The molecule has 13 heteroatoms. The minimum atomic E-state index is -4.51. The normalized spacial score (nSPS) is 18.9. The number of halogens is 5. The van der Waals surface area contributed by atoms with Gasteiger partial charge in [-0.3, -0.25) is 14.3 Å². The number of hydrogen-bond acceptors (Lipinski definition) is 4. The molecule has 2 atom stereocenters. The molecule has 2 aromatic heterocycles. The number of nitrogens with one attached hydrogen (secondary N) is 2. The van der Waals surface area contributed by atoms with Crippen molar-refractivity contribution in [2.45, 2.75) is 96.3 Å². The molecule has 1 aromatic carbocycles. The van der Waals surface area contributed by atoms with Gasteiger partial charge >= 0.3 is 6.18 Å². The molecule has 2 aliphatic rings. The molecule has 0 bridgehead atoms. The molecule has 2 amide bonds. The van der Waals surface area contributed by atoms with E-state index in [1.807, 2.05) is 12.1 Å². The Morgan fingerprint density at radius 1 is 1.16 bits per heavy atom. The molecule has 0 unspecified atom stereocenters. The van der Waals surface area contributed by atoms with Crippen LogP contribution in [0.2, 0.25) is 0 Å². The minimum Gasteiger partial charge on any atom is -0.364 e. The summed E-state index contributed by atoms with van der Waals surface area (Å²) in [6.07, 6.45) is -3.59. The number of primary amides is 1. The van der Waals surface area contributed by atoms with Gasteiger partial charge in [0.2, 0.25) is 11.8 Å². The van der Waals surface area contributed by atoms with Crippen molar-refractivity contribution in [3.8, 4) is 0 Å². The van der Waals surface area contributed by atoms with Crippen LogP contribution in [0.3, 0.4) is 0 Å². The van der Waals surface area contributed by atoms with Crippen molar-refractivity contribution in [1.82, 2.24) is 25.1 Å². The molecule has 4 N–H and O–H groups in total. The van der Waals surface area contributed by atoms with E-state index in [0.29, 0.717) is 11.0 Å². The molecule has 0 radical (unpaired) electrons. The molecule has 0 saturated heterocycles. The Labute approximate surface area is 246 Å². The van der Waals surface area contributed by atoms with E-state index >= 15 is 0 Å². The van der Waals surface area contributed by atoms with E-state index in [1.54, 1.807) is 19.9 Å². The molecule has 3 aromatic rings. The number of benzene rings is 1. The highest BCUT2D eigenvalue weighted by Crippen LogP contribution is 2.47. The molecule has 43 heavy (non-hydrogen) atoms. The number of H-pyrrole nitrogens is 1. The van der Waals surface area contributed by atoms with Crippen LogP contribution < -0.4 is 11.1 Å². The number of fused-ring (bicyclic) bond motifs is 1. The molecular formula is C30H37F5N6O2. The molecular weight excluding hydrogens is 571 g/mol. The second-order valence-corrected chi connectivity index (χ2v) is 13.1. The first-order chi connectivity index (χ1) is 19.9. The Kier molecular flexibility index (Phi) is 7.83. The van der Waals surface area contributed by atoms with Crippen LogP contribution in [-0.2, 0) is 4.79 Å². The van der Waals surface area contributed by atoms with Crippen LogP contribution in [0.5, 0.6) is 0 Å². The lowest BCUT2D eigenvalue weighted by Gasteiger charge is -2.34. The number of rotatable bonds is 11. The van der Waals surface area contributed by atoms with Crippen molar-refractivity contribution in [2.24, 2.45) is 23.0 Å². The Balaban J connectivity index is 1.46. The van der Waals surface area contributed by atoms with Gasteiger partial charge in [-0.05, 0) is 68.7 Å². The average Bonchev–Trinajstić information content (AvgIpc) is 3.45. The Morgan fingerprint density at radius 3 is 2.37 bits per heavy atom. The lowest BCUT2D eigenvalue weighted by Crippen LogP contribution is -2.39. The van der Waals surface area contributed by atoms with Gasteiger partial charge in [-0.2, -0.15) is 18.3 Å². The van der Waals surface area contributed by atoms with Gasteiger partial charge in [-0.15, -0.1) is 0 Å². The molecule has 0 aliphatic heterocycles. The number of nitrogens with zero attached hydrogens (tertiary/aromatic N) is 3. The molecule has 234 valence electrons. The highest BCUT2D eigenvalue weighted by molar-refractivity contribution is 5.91. The summed E-state index contributed by atoms with van der Waals surface area (Å²) < 4.78 is 70.0. The van der Waals surface area contributed by atoms with Gasteiger partial charge in [0.25, 0.3) is 5.91 Å².